The second-order valence-corrected chi connectivity index (χ2v) is 3.08. The van der Waals surface area contributed by atoms with E-state index in [4.69, 9.17) is 14.0 Å². The minimum absolute atomic E-state index is 0.250. The van der Waals surface area contributed by atoms with Crippen molar-refractivity contribution in [3.63, 3.8) is 0 Å². The summed E-state index contributed by atoms with van der Waals surface area (Å²) >= 11 is 0. The Morgan fingerprint density at radius 2 is 1.62 bits per heavy atom. The van der Waals surface area contributed by atoms with Gasteiger partial charge in [-0.3, -0.25) is 0 Å². The van der Waals surface area contributed by atoms with E-state index in [1.54, 1.807) is 6.92 Å². The molecule has 0 N–H and O–H groups in total. The molecule has 0 fully saturated rings. The molecule has 2 rings (SSSR count). The molecule has 0 saturated heterocycles. The van der Waals surface area contributed by atoms with Crippen LogP contribution in [0, 0.1) is 13.8 Å². The Morgan fingerprint density at radius 1 is 1.06 bits per heavy atom. The van der Waals surface area contributed by atoms with Gasteiger partial charge in [0.05, 0.1) is 0 Å². The molecule has 5 heteroatoms. The topological polar surface area (TPSA) is 73.1 Å². The van der Waals surface area contributed by atoms with Crippen LogP contribution >= 0.6 is 0 Å². The first kappa shape index (κ1) is 11.8. The molecule has 0 aliphatic rings. The molecule has 0 amide bonds. The molecule has 16 heavy (non-hydrogen) atoms. The summed E-state index contributed by atoms with van der Waals surface area (Å²) in [5, 5.41) is 7.70. The van der Waals surface area contributed by atoms with Gasteiger partial charge in [0.1, 0.15) is 0 Å². The van der Waals surface area contributed by atoms with E-state index in [0.717, 1.165) is 5.56 Å². The Morgan fingerprint density at radius 3 is 2.06 bits per heavy atom. The number of benzene rings is 1. The minimum Gasteiger partial charge on any atom is -0.421 e. The molecule has 0 radical (unpaired) electrons. The largest absolute Gasteiger partial charge is 0.421 e. The maximum atomic E-state index is 8.12. The first-order valence-electron chi connectivity index (χ1n) is 4.54. The highest BCUT2D eigenvalue weighted by Gasteiger charge is 2.03. The molecule has 0 bridgehead atoms. The second-order valence-electron chi connectivity index (χ2n) is 3.08. The van der Waals surface area contributed by atoms with Crippen LogP contribution in [0.3, 0.4) is 0 Å². The molecule has 1 heterocycles. The van der Waals surface area contributed by atoms with E-state index >= 15 is 0 Å². The fourth-order valence-corrected chi connectivity index (χ4v) is 1.11. The molecule has 2 aromatic rings. The molecule has 0 saturated carbocycles. The van der Waals surface area contributed by atoms with Crippen LogP contribution in [0.5, 0.6) is 0 Å². The van der Waals surface area contributed by atoms with E-state index < -0.39 is 0 Å². The van der Waals surface area contributed by atoms with Crippen LogP contribution in [-0.2, 0) is 9.59 Å². The summed E-state index contributed by atoms with van der Waals surface area (Å²) in [5.74, 6) is 1.17. The Hall–Kier alpha value is -2.26. The number of carbonyl (C=O) groups excluding carboxylic acids is 2. The summed E-state index contributed by atoms with van der Waals surface area (Å²) < 4.78 is 5.29. The quantitative estimate of drug-likeness (QED) is 0.729. The molecule has 1 aromatic heterocycles. The average Bonchev–Trinajstić information content (AvgIpc) is 2.67. The third kappa shape index (κ3) is 3.15. The van der Waals surface area contributed by atoms with Crippen LogP contribution in [0.1, 0.15) is 11.5 Å². The zero-order valence-electron chi connectivity index (χ0n) is 8.93. The van der Waals surface area contributed by atoms with Crippen LogP contribution in [-0.4, -0.2) is 16.3 Å². The van der Waals surface area contributed by atoms with E-state index in [9.17, 15) is 0 Å². The lowest BCUT2D eigenvalue weighted by atomic mass is 10.1. The maximum Gasteiger partial charge on any atom is 0.373 e. The van der Waals surface area contributed by atoms with Gasteiger partial charge in [-0.15, -0.1) is 10.2 Å². The highest BCUT2D eigenvalue weighted by Crippen LogP contribution is 2.17. The number of hydrogen-bond donors (Lipinski definition) is 0. The number of rotatable bonds is 1. The molecule has 0 unspecified atom stereocenters. The molecular formula is C11H10N2O3. The third-order valence-electron chi connectivity index (χ3n) is 1.82. The lowest BCUT2D eigenvalue weighted by Gasteiger charge is -1.94. The van der Waals surface area contributed by atoms with Crippen LogP contribution in [0.15, 0.2) is 28.7 Å². The van der Waals surface area contributed by atoms with Crippen molar-refractivity contribution in [2.45, 2.75) is 13.8 Å². The van der Waals surface area contributed by atoms with Gasteiger partial charge in [0.15, 0.2) is 0 Å². The van der Waals surface area contributed by atoms with E-state index in [0.29, 0.717) is 11.8 Å². The monoisotopic (exact) mass is 218 g/mol. The zero-order chi connectivity index (χ0) is 12.0. The molecule has 0 atom stereocenters. The maximum absolute atomic E-state index is 8.12. The second kappa shape index (κ2) is 5.58. The van der Waals surface area contributed by atoms with Crippen LogP contribution in [0.25, 0.3) is 11.5 Å². The van der Waals surface area contributed by atoms with E-state index in [-0.39, 0.29) is 6.15 Å². The number of nitrogens with zero attached hydrogens (tertiary/aromatic N) is 2. The smallest absolute Gasteiger partial charge is 0.373 e. The van der Waals surface area contributed by atoms with Crippen molar-refractivity contribution in [2.24, 2.45) is 0 Å². The average molecular weight is 218 g/mol. The highest BCUT2D eigenvalue weighted by atomic mass is 16.4. The van der Waals surface area contributed by atoms with Crippen molar-refractivity contribution >= 4 is 6.15 Å². The van der Waals surface area contributed by atoms with Gasteiger partial charge in [-0.25, -0.2) is 0 Å². The van der Waals surface area contributed by atoms with Gasteiger partial charge >= 0.3 is 6.15 Å². The Balaban J connectivity index is 0.000000386. The molecule has 5 nitrogen and oxygen atoms in total. The molecule has 82 valence electrons. The summed E-state index contributed by atoms with van der Waals surface area (Å²) in [4.78, 5) is 16.2. The Bertz CT molecular complexity index is 482. The van der Waals surface area contributed by atoms with Gasteiger partial charge in [-0.2, -0.15) is 9.59 Å². The molecular weight excluding hydrogens is 208 g/mol. The summed E-state index contributed by atoms with van der Waals surface area (Å²) in [7, 11) is 0. The summed E-state index contributed by atoms with van der Waals surface area (Å²) in [6.07, 6.45) is 0.250. The zero-order valence-corrected chi connectivity index (χ0v) is 8.93. The van der Waals surface area contributed by atoms with Crippen LogP contribution < -0.4 is 0 Å². The number of hydrogen-bond acceptors (Lipinski definition) is 5. The number of aromatic nitrogens is 2. The van der Waals surface area contributed by atoms with Gasteiger partial charge in [0.25, 0.3) is 0 Å². The predicted molar refractivity (Wildman–Crippen MR) is 54.2 cm³/mol. The van der Waals surface area contributed by atoms with Gasteiger partial charge < -0.3 is 4.42 Å². The standard InChI is InChI=1S/C10H10N2O.CO2/c1-7-3-5-9(6-4-7)10-12-11-8(2)13-10;2-1-3/h3-6H,1-2H3;. The molecule has 1 aromatic carbocycles. The fourth-order valence-electron chi connectivity index (χ4n) is 1.11. The van der Waals surface area contributed by atoms with Crippen molar-refractivity contribution in [3.05, 3.63) is 35.7 Å². The summed E-state index contributed by atoms with van der Waals surface area (Å²) in [5.41, 5.74) is 2.19. The van der Waals surface area contributed by atoms with Crippen molar-refractivity contribution in [2.75, 3.05) is 0 Å². The lowest BCUT2D eigenvalue weighted by molar-refractivity contribution is -0.191. The van der Waals surface area contributed by atoms with Crippen molar-refractivity contribution in [3.8, 4) is 11.5 Å². The SMILES string of the molecule is Cc1ccc(-c2nnc(C)o2)cc1.O=C=O. The first-order valence-corrected chi connectivity index (χ1v) is 4.54. The van der Waals surface area contributed by atoms with Gasteiger partial charge in [-0.05, 0) is 19.1 Å². The summed E-state index contributed by atoms with van der Waals surface area (Å²) in [6.45, 7) is 3.83. The fraction of sp³-hybridized carbons (Fsp3) is 0.182. The molecule has 0 aliphatic carbocycles. The molecule has 0 aliphatic heterocycles. The Kier molecular flexibility index (Phi) is 4.12. The normalized spacial score (nSPS) is 8.88. The highest BCUT2D eigenvalue weighted by molar-refractivity contribution is 5.52. The first-order chi connectivity index (χ1) is 7.67. The van der Waals surface area contributed by atoms with E-state index in [2.05, 4.69) is 10.2 Å². The van der Waals surface area contributed by atoms with Crippen molar-refractivity contribution in [1.29, 1.82) is 0 Å². The van der Waals surface area contributed by atoms with E-state index in [1.165, 1.54) is 5.56 Å². The van der Waals surface area contributed by atoms with Crippen LogP contribution in [0.4, 0.5) is 0 Å². The predicted octanol–water partition coefficient (Wildman–Crippen LogP) is 1.77. The van der Waals surface area contributed by atoms with Crippen molar-refractivity contribution in [1.82, 2.24) is 10.2 Å². The van der Waals surface area contributed by atoms with Gasteiger partial charge in [0.2, 0.25) is 11.8 Å². The molecule has 0 spiro atoms. The lowest BCUT2D eigenvalue weighted by Crippen LogP contribution is -1.77. The minimum atomic E-state index is 0.250. The summed E-state index contributed by atoms with van der Waals surface area (Å²) in [6, 6.07) is 7.99. The van der Waals surface area contributed by atoms with Gasteiger partial charge in [-0.1, -0.05) is 17.7 Å². The van der Waals surface area contributed by atoms with Crippen LogP contribution in [0.2, 0.25) is 0 Å². The van der Waals surface area contributed by atoms with Crippen molar-refractivity contribution < 1.29 is 14.0 Å². The van der Waals surface area contributed by atoms with E-state index in [1.807, 2.05) is 31.2 Å². The third-order valence-corrected chi connectivity index (χ3v) is 1.82. The van der Waals surface area contributed by atoms with Gasteiger partial charge in [0, 0.05) is 12.5 Å². The Labute approximate surface area is 92.1 Å². The number of aryl methyl sites for hydroxylation is 2.